The third-order valence-corrected chi connectivity index (χ3v) is 4.15. The number of rotatable bonds is 4. The summed E-state index contributed by atoms with van der Waals surface area (Å²) in [5.74, 6) is 1.40. The quantitative estimate of drug-likeness (QED) is 0.778. The molecule has 0 saturated carbocycles. The maximum atomic E-state index is 12.7. The smallest absolute Gasteiger partial charge is 0.173 e. The Bertz CT molecular complexity index is 681. The van der Waals surface area contributed by atoms with Crippen molar-refractivity contribution in [2.24, 2.45) is 0 Å². The van der Waals surface area contributed by atoms with E-state index in [1.165, 1.54) is 0 Å². The van der Waals surface area contributed by atoms with E-state index >= 15 is 0 Å². The number of hydrogen-bond acceptors (Lipinski definition) is 3. The first-order valence-corrected chi connectivity index (χ1v) is 7.68. The fourth-order valence-corrected chi connectivity index (χ4v) is 3.00. The molecule has 108 valence electrons. The number of carbonyl (C=O) groups is 1. The van der Waals surface area contributed by atoms with Crippen LogP contribution in [0.1, 0.15) is 28.8 Å². The van der Waals surface area contributed by atoms with Crippen LogP contribution in [0.5, 0.6) is 11.5 Å². The van der Waals surface area contributed by atoms with E-state index in [0.29, 0.717) is 18.8 Å². The molecule has 0 saturated heterocycles. The molecular formula is C17H15BrO3. The summed E-state index contributed by atoms with van der Waals surface area (Å²) in [6.45, 7) is 2.93. The average Bonchev–Trinajstić information content (AvgIpc) is 2.93. The van der Waals surface area contributed by atoms with Crippen LogP contribution in [0, 0.1) is 0 Å². The summed E-state index contributed by atoms with van der Waals surface area (Å²) in [7, 11) is 0. The van der Waals surface area contributed by atoms with Gasteiger partial charge in [-0.3, -0.25) is 4.79 Å². The Morgan fingerprint density at radius 2 is 2.14 bits per heavy atom. The van der Waals surface area contributed by atoms with Crippen molar-refractivity contribution in [3.05, 3.63) is 58.1 Å². The third-order valence-electron chi connectivity index (χ3n) is 3.53. The standard InChI is InChI=1S/C17H15BrO3/c1-2-20-16-8-7-11(9-14(16)18)17(19)13-10-21-15-6-4-3-5-12(13)15/h3-9,13H,2,10H2,1H3. The highest BCUT2D eigenvalue weighted by Gasteiger charge is 2.30. The van der Waals surface area contributed by atoms with Crippen molar-refractivity contribution >= 4 is 21.7 Å². The topological polar surface area (TPSA) is 35.5 Å². The van der Waals surface area contributed by atoms with Crippen LogP contribution >= 0.6 is 15.9 Å². The summed E-state index contributed by atoms with van der Waals surface area (Å²) in [6, 6.07) is 13.1. The predicted octanol–water partition coefficient (Wildman–Crippen LogP) is 4.21. The Balaban J connectivity index is 1.88. The highest BCUT2D eigenvalue weighted by atomic mass is 79.9. The lowest BCUT2D eigenvalue weighted by Crippen LogP contribution is -2.14. The molecule has 3 rings (SSSR count). The van der Waals surface area contributed by atoms with Gasteiger partial charge in [0.2, 0.25) is 0 Å². The van der Waals surface area contributed by atoms with E-state index in [4.69, 9.17) is 9.47 Å². The summed E-state index contributed by atoms with van der Waals surface area (Å²) in [6.07, 6.45) is 0. The number of fused-ring (bicyclic) bond motifs is 1. The molecule has 4 heteroatoms. The zero-order valence-electron chi connectivity index (χ0n) is 11.6. The van der Waals surface area contributed by atoms with Crippen LogP contribution in [0.15, 0.2) is 46.9 Å². The van der Waals surface area contributed by atoms with Gasteiger partial charge in [-0.05, 0) is 47.1 Å². The molecule has 0 amide bonds. The molecule has 2 aromatic rings. The van der Waals surface area contributed by atoms with Crippen molar-refractivity contribution in [3.8, 4) is 11.5 Å². The summed E-state index contributed by atoms with van der Waals surface area (Å²) in [5, 5.41) is 0. The molecule has 1 aliphatic heterocycles. The first-order valence-electron chi connectivity index (χ1n) is 6.89. The summed E-state index contributed by atoms with van der Waals surface area (Å²) in [4.78, 5) is 12.7. The van der Waals surface area contributed by atoms with Crippen LogP contribution in [0.3, 0.4) is 0 Å². The average molecular weight is 347 g/mol. The molecule has 3 nitrogen and oxygen atoms in total. The van der Waals surface area contributed by atoms with Gasteiger partial charge in [0.1, 0.15) is 18.1 Å². The van der Waals surface area contributed by atoms with Crippen molar-refractivity contribution in [2.45, 2.75) is 12.8 Å². The summed E-state index contributed by atoms with van der Waals surface area (Å²) >= 11 is 3.45. The van der Waals surface area contributed by atoms with Gasteiger partial charge in [-0.2, -0.15) is 0 Å². The third kappa shape index (κ3) is 2.68. The van der Waals surface area contributed by atoms with Gasteiger partial charge >= 0.3 is 0 Å². The highest BCUT2D eigenvalue weighted by molar-refractivity contribution is 9.10. The van der Waals surface area contributed by atoms with E-state index < -0.39 is 0 Å². The van der Waals surface area contributed by atoms with Gasteiger partial charge in [0.05, 0.1) is 17.0 Å². The number of benzene rings is 2. The molecule has 1 aliphatic rings. The fourth-order valence-electron chi connectivity index (χ4n) is 2.51. The Hall–Kier alpha value is -1.81. The first-order chi connectivity index (χ1) is 10.2. The van der Waals surface area contributed by atoms with Gasteiger partial charge in [0, 0.05) is 11.1 Å². The van der Waals surface area contributed by atoms with Crippen LogP contribution in [0.2, 0.25) is 0 Å². The maximum Gasteiger partial charge on any atom is 0.173 e. The van der Waals surface area contributed by atoms with E-state index in [0.717, 1.165) is 21.5 Å². The monoisotopic (exact) mass is 346 g/mol. The zero-order chi connectivity index (χ0) is 14.8. The predicted molar refractivity (Wildman–Crippen MR) is 84.3 cm³/mol. The maximum absolute atomic E-state index is 12.7. The minimum atomic E-state index is -0.231. The van der Waals surface area contributed by atoms with Crippen molar-refractivity contribution in [3.63, 3.8) is 0 Å². The second-order valence-corrected chi connectivity index (χ2v) is 5.70. The molecule has 0 bridgehead atoms. The number of carbonyl (C=O) groups excluding carboxylic acids is 1. The van der Waals surface area contributed by atoms with Crippen molar-refractivity contribution < 1.29 is 14.3 Å². The molecule has 1 unspecified atom stereocenters. The highest BCUT2D eigenvalue weighted by Crippen LogP contribution is 2.36. The number of ketones is 1. The lowest BCUT2D eigenvalue weighted by atomic mass is 9.92. The molecule has 0 N–H and O–H groups in total. The molecule has 0 spiro atoms. The molecule has 0 aromatic heterocycles. The van der Waals surface area contributed by atoms with E-state index in [1.54, 1.807) is 6.07 Å². The minimum Gasteiger partial charge on any atom is -0.493 e. The van der Waals surface area contributed by atoms with Crippen molar-refractivity contribution in [1.29, 1.82) is 0 Å². The Morgan fingerprint density at radius 1 is 1.33 bits per heavy atom. The zero-order valence-corrected chi connectivity index (χ0v) is 13.2. The van der Waals surface area contributed by atoms with E-state index in [1.807, 2.05) is 43.3 Å². The molecule has 2 aromatic carbocycles. The first kappa shape index (κ1) is 14.1. The normalized spacial score (nSPS) is 16.2. The number of hydrogen-bond donors (Lipinski definition) is 0. The Morgan fingerprint density at radius 3 is 2.90 bits per heavy atom. The number of para-hydroxylation sites is 1. The minimum absolute atomic E-state index is 0.0729. The van der Waals surface area contributed by atoms with Gasteiger partial charge in [-0.1, -0.05) is 18.2 Å². The Labute approximate surface area is 132 Å². The van der Waals surface area contributed by atoms with Gasteiger partial charge in [-0.25, -0.2) is 0 Å². The number of Topliss-reactive ketones (excluding diaryl/α,β-unsaturated/α-hetero) is 1. The van der Waals surface area contributed by atoms with Crippen LogP contribution in [0.25, 0.3) is 0 Å². The van der Waals surface area contributed by atoms with Crippen LogP contribution < -0.4 is 9.47 Å². The van der Waals surface area contributed by atoms with Gasteiger partial charge < -0.3 is 9.47 Å². The van der Waals surface area contributed by atoms with Gasteiger partial charge in [0.25, 0.3) is 0 Å². The Kier molecular flexibility index (Phi) is 3.97. The van der Waals surface area contributed by atoms with E-state index in [2.05, 4.69) is 15.9 Å². The van der Waals surface area contributed by atoms with Crippen LogP contribution in [-0.2, 0) is 0 Å². The molecule has 0 aliphatic carbocycles. The fraction of sp³-hybridized carbons (Fsp3) is 0.235. The largest absolute Gasteiger partial charge is 0.493 e. The lowest BCUT2D eigenvalue weighted by molar-refractivity contribution is 0.0947. The van der Waals surface area contributed by atoms with Gasteiger partial charge in [-0.15, -0.1) is 0 Å². The number of ether oxygens (including phenoxy) is 2. The molecule has 1 atom stereocenters. The SMILES string of the molecule is CCOc1ccc(C(=O)C2COc3ccccc32)cc1Br. The molecule has 0 radical (unpaired) electrons. The van der Waals surface area contributed by atoms with Crippen LogP contribution in [0.4, 0.5) is 0 Å². The second-order valence-electron chi connectivity index (χ2n) is 4.84. The summed E-state index contributed by atoms with van der Waals surface area (Å²) in [5.41, 5.74) is 1.63. The van der Waals surface area contributed by atoms with Crippen molar-refractivity contribution in [1.82, 2.24) is 0 Å². The van der Waals surface area contributed by atoms with Gasteiger partial charge in [0.15, 0.2) is 5.78 Å². The van der Waals surface area contributed by atoms with E-state index in [-0.39, 0.29) is 11.7 Å². The van der Waals surface area contributed by atoms with E-state index in [9.17, 15) is 4.79 Å². The van der Waals surface area contributed by atoms with Crippen molar-refractivity contribution in [2.75, 3.05) is 13.2 Å². The summed E-state index contributed by atoms with van der Waals surface area (Å²) < 4.78 is 11.9. The number of halogens is 1. The molecule has 0 fully saturated rings. The molecule has 21 heavy (non-hydrogen) atoms. The molecular weight excluding hydrogens is 332 g/mol. The lowest BCUT2D eigenvalue weighted by Gasteiger charge is -2.10. The molecule has 1 heterocycles. The van der Waals surface area contributed by atoms with Crippen LogP contribution in [-0.4, -0.2) is 19.0 Å². The second kappa shape index (κ2) is 5.90.